The summed E-state index contributed by atoms with van der Waals surface area (Å²) in [5.41, 5.74) is -0.223. The molecule has 1 heterocycles. The highest BCUT2D eigenvalue weighted by atomic mass is 32.2. The molecule has 5 nitrogen and oxygen atoms in total. The first kappa shape index (κ1) is 16.9. The molecule has 1 aromatic rings. The molecule has 0 unspecified atom stereocenters. The number of hydrogen-bond donors (Lipinski definition) is 2. The van der Waals surface area contributed by atoms with Gasteiger partial charge in [-0.3, -0.25) is 0 Å². The molecule has 1 aliphatic carbocycles. The Labute approximate surface area is 131 Å². The molecule has 0 radical (unpaired) electrons. The summed E-state index contributed by atoms with van der Waals surface area (Å²) in [5, 5.41) is 5.11. The second-order valence-corrected chi connectivity index (χ2v) is 9.20. The lowest BCUT2D eigenvalue weighted by Gasteiger charge is -2.32. The predicted octanol–water partition coefficient (Wildman–Crippen LogP) is 1.62. The van der Waals surface area contributed by atoms with Crippen molar-refractivity contribution in [2.45, 2.75) is 49.7 Å². The highest BCUT2D eigenvalue weighted by Crippen LogP contribution is 2.23. The van der Waals surface area contributed by atoms with Gasteiger partial charge in [-0.2, -0.15) is 0 Å². The van der Waals surface area contributed by atoms with E-state index in [-0.39, 0.29) is 5.54 Å². The highest BCUT2D eigenvalue weighted by molar-refractivity contribution is 7.89. The summed E-state index contributed by atoms with van der Waals surface area (Å²) in [6.45, 7) is 5.16. The van der Waals surface area contributed by atoms with E-state index < -0.39 is 10.0 Å². The fourth-order valence-corrected chi connectivity index (χ4v) is 4.07. The first-order valence-electron chi connectivity index (χ1n) is 7.18. The first-order valence-corrected chi connectivity index (χ1v) is 9.55. The molecule has 0 spiro atoms. The van der Waals surface area contributed by atoms with Crippen LogP contribution in [0, 0.1) is 0 Å². The van der Waals surface area contributed by atoms with Crippen molar-refractivity contribution >= 4 is 21.4 Å². The van der Waals surface area contributed by atoms with Crippen LogP contribution in [0.5, 0.6) is 0 Å². The van der Waals surface area contributed by atoms with E-state index in [0.717, 1.165) is 11.4 Å². The lowest BCUT2D eigenvalue weighted by atomic mass is 10.1. The lowest BCUT2D eigenvalue weighted by molar-refractivity contribution is 0.199. The number of rotatable bonds is 8. The van der Waals surface area contributed by atoms with Gasteiger partial charge in [-0.15, -0.1) is 11.3 Å². The van der Waals surface area contributed by atoms with Crippen LogP contribution >= 0.6 is 11.3 Å². The maximum absolute atomic E-state index is 12.3. The van der Waals surface area contributed by atoms with E-state index in [2.05, 4.69) is 10.0 Å². The third-order valence-corrected chi connectivity index (χ3v) is 6.45. The van der Waals surface area contributed by atoms with Crippen LogP contribution in [0.2, 0.25) is 0 Å². The van der Waals surface area contributed by atoms with Gasteiger partial charge in [0.05, 0.1) is 4.90 Å². The Bertz CT molecular complexity index is 575. The lowest BCUT2D eigenvalue weighted by Crippen LogP contribution is -2.48. The van der Waals surface area contributed by atoms with Crippen LogP contribution in [0.4, 0.5) is 0 Å². The van der Waals surface area contributed by atoms with Crippen LogP contribution in [-0.2, 0) is 16.6 Å². The van der Waals surface area contributed by atoms with E-state index in [0.29, 0.717) is 17.5 Å². The summed E-state index contributed by atoms with van der Waals surface area (Å²) >= 11 is 1.49. The predicted molar refractivity (Wildman–Crippen MR) is 87.1 cm³/mol. The van der Waals surface area contributed by atoms with E-state index in [1.54, 1.807) is 11.4 Å². The standard InChI is InChI=1S/C14H25N3O2S2/c1-14(2,17(3)4)10-16-21(18,19)13-7-12(20-9-13)8-15-11-5-6-11/h7,9,11,15-16H,5-6,8,10H2,1-4H3. The van der Waals surface area contributed by atoms with Crippen molar-refractivity contribution in [3.8, 4) is 0 Å². The van der Waals surface area contributed by atoms with E-state index in [1.165, 1.54) is 24.2 Å². The fraction of sp³-hybridized carbons (Fsp3) is 0.714. The van der Waals surface area contributed by atoms with Crippen LogP contribution < -0.4 is 10.0 Å². The molecular formula is C14H25N3O2S2. The monoisotopic (exact) mass is 331 g/mol. The largest absolute Gasteiger partial charge is 0.309 e. The molecule has 1 saturated carbocycles. The van der Waals surface area contributed by atoms with Gasteiger partial charge in [0.25, 0.3) is 0 Å². The van der Waals surface area contributed by atoms with Crippen LogP contribution in [0.25, 0.3) is 0 Å². The number of thiophene rings is 1. The minimum absolute atomic E-state index is 0.223. The zero-order valence-corrected chi connectivity index (χ0v) is 14.8. The van der Waals surface area contributed by atoms with E-state index in [1.807, 2.05) is 32.8 Å². The highest BCUT2D eigenvalue weighted by Gasteiger charge is 2.25. The summed E-state index contributed by atoms with van der Waals surface area (Å²) in [4.78, 5) is 3.44. The Hall–Kier alpha value is -0.470. The second-order valence-electron chi connectivity index (χ2n) is 6.44. The Balaban J connectivity index is 1.95. The fourth-order valence-electron chi connectivity index (χ4n) is 1.64. The summed E-state index contributed by atoms with van der Waals surface area (Å²) < 4.78 is 27.3. The minimum Gasteiger partial charge on any atom is -0.309 e. The summed E-state index contributed by atoms with van der Waals surface area (Å²) in [6, 6.07) is 2.40. The van der Waals surface area contributed by atoms with Gasteiger partial charge >= 0.3 is 0 Å². The third kappa shape index (κ3) is 4.75. The van der Waals surface area contributed by atoms with Gasteiger partial charge < -0.3 is 10.2 Å². The first-order chi connectivity index (χ1) is 9.71. The maximum Gasteiger partial charge on any atom is 0.241 e. The number of nitrogens with one attached hydrogen (secondary N) is 2. The third-order valence-electron chi connectivity index (χ3n) is 3.99. The topological polar surface area (TPSA) is 61.4 Å². The quantitative estimate of drug-likeness (QED) is 0.760. The van der Waals surface area contributed by atoms with Crippen molar-refractivity contribution < 1.29 is 8.42 Å². The average Bonchev–Trinajstić information content (AvgIpc) is 3.10. The Morgan fingerprint density at radius 3 is 2.62 bits per heavy atom. The van der Waals surface area contributed by atoms with Gasteiger partial charge in [-0.1, -0.05) is 0 Å². The zero-order chi connectivity index (χ0) is 15.7. The van der Waals surface area contributed by atoms with E-state index >= 15 is 0 Å². The van der Waals surface area contributed by atoms with Crippen LogP contribution in [0.15, 0.2) is 16.3 Å². The molecule has 0 saturated heterocycles. The SMILES string of the molecule is CN(C)C(C)(C)CNS(=O)(=O)c1csc(CNC2CC2)c1. The van der Waals surface area contributed by atoms with Crippen molar-refractivity contribution in [3.05, 3.63) is 16.3 Å². The van der Waals surface area contributed by atoms with Gasteiger partial charge in [0.15, 0.2) is 0 Å². The molecule has 0 amide bonds. The van der Waals surface area contributed by atoms with Crippen molar-refractivity contribution in [2.24, 2.45) is 0 Å². The second kappa shape index (κ2) is 6.34. The molecule has 1 aromatic heterocycles. The molecule has 21 heavy (non-hydrogen) atoms. The number of nitrogens with zero attached hydrogens (tertiary/aromatic N) is 1. The minimum atomic E-state index is -3.42. The number of likely N-dealkylation sites (N-methyl/N-ethyl adjacent to an activating group) is 1. The van der Waals surface area contributed by atoms with Crippen molar-refractivity contribution in [1.82, 2.24) is 14.9 Å². The molecule has 120 valence electrons. The molecule has 0 atom stereocenters. The Kier molecular flexibility index (Phi) is 5.10. The molecule has 2 N–H and O–H groups in total. The van der Waals surface area contributed by atoms with Crippen LogP contribution in [0.1, 0.15) is 31.6 Å². The van der Waals surface area contributed by atoms with Gasteiger partial charge in [0, 0.05) is 34.9 Å². The molecule has 0 aliphatic heterocycles. The molecule has 7 heteroatoms. The van der Waals surface area contributed by atoms with E-state index in [9.17, 15) is 8.42 Å². The molecular weight excluding hydrogens is 306 g/mol. The summed E-state index contributed by atoms with van der Waals surface area (Å²) in [7, 11) is 0.467. The van der Waals surface area contributed by atoms with Crippen LogP contribution in [0.3, 0.4) is 0 Å². The Morgan fingerprint density at radius 2 is 2.05 bits per heavy atom. The molecule has 0 bridgehead atoms. The zero-order valence-electron chi connectivity index (χ0n) is 13.1. The smallest absolute Gasteiger partial charge is 0.241 e. The van der Waals surface area contributed by atoms with Crippen LogP contribution in [-0.4, -0.2) is 45.5 Å². The molecule has 2 rings (SSSR count). The normalized spacial score (nSPS) is 16.6. The number of sulfonamides is 1. The summed E-state index contributed by atoms with van der Waals surface area (Å²) in [6.07, 6.45) is 2.47. The maximum atomic E-state index is 12.3. The molecule has 1 aliphatic rings. The molecule has 1 fully saturated rings. The number of hydrogen-bond acceptors (Lipinski definition) is 5. The van der Waals surface area contributed by atoms with Crippen molar-refractivity contribution in [3.63, 3.8) is 0 Å². The van der Waals surface area contributed by atoms with Gasteiger partial charge in [0.1, 0.15) is 0 Å². The average molecular weight is 332 g/mol. The van der Waals surface area contributed by atoms with Gasteiger partial charge in [-0.25, -0.2) is 13.1 Å². The van der Waals surface area contributed by atoms with Gasteiger partial charge in [-0.05, 0) is 46.9 Å². The van der Waals surface area contributed by atoms with Gasteiger partial charge in [0.2, 0.25) is 10.0 Å². The van der Waals surface area contributed by atoms with Crippen molar-refractivity contribution in [1.29, 1.82) is 0 Å². The molecule has 0 aromatic carbocycles. The Morgan fingerprint density at radius 1 is 1.38 bits per heavy atom. The van der Waals surface area contributed by atoms with Crippen molar-refractivity contribution in [2.75, 3.05) is 20.6 Å². The van der Waals surface area contributed by atoms with E-state index in [4.69, 9.17) is 0 Å². The summed E-state index contributed by atoms with van der Waals surface area (Å²) in [5.74, 6) is 0.